The van der Waals surface area contributed by atoms with Gasteiger partial charge in [-0.2, -0.15) is 0 Å². The first-order chi connectivity index (χ1) is 16.5. The van der Waals surface area contributed by atoms with Crippen LogP contribution in [0.1, 0.15) is 23.6 Å². The quantitative estimate of drug-likeness (QED) is 0.364. The normalized spacial score (nSPS) is 20.5. The first-order valence-electron chi connectivity index (χ1n) is 11.4. The number of carbonyl (C=O) groups is 2. The molecule has 1 amide bonds. The molecule has 8 heteroatoms. The minimum Gasteiger partial charge on any atom is -0.507 e. The van der Waals surface area contributed by atoms with Gasteiger partial charge in [0.2, 0.25) is 0 Å². The summed E-state index contributed by atoms with van der Waals surface area (Å²) in [5.74, 6) is -0.257. The van der Waals surface area contributed by atoms with Crippen molar-refractivity contribution in [1.82, 2.24) is 9.80 Å². The molecule has 1 unspecified atom stereocenters. The van der Waals surface area contributed by atoms with E-state index in [1.165, 1.54) is 0 Å². The second-order valence-electron chi connectivity index (χ2n) is 8.31. The van der Waals surface area contributed by atoms with Crippen molar-refractivity contribution < 1.29 is 28.9 Å². The van der Waals surface area contributed by atoms with E-state index in [2.05, 4.69) is 4.90 Å². The third-order valence-corrected chi connectivity index (χ3v) is 6.29. The number of ketones is 1. The Morgan fingerprint density at radius 3 is 2.38 bits per heavy atom. The summed E-state index contributed by atoms with van der Waals surface area (Å²) < 4.78 is 16.0. The van der Waals surface area contributed by atoms with E-state index in [1.54, 1.807) is 55.5 Å². The van der Waals surface area contributed by atoms with E-state index in [9.17, 15) is 14.7 Å². The molecule has 2 heterocycles. The molecule has 1 atom stereocenters. The standard InChI is InChI=1S/C26H30N2O6/c1-32-20-9-7-18(8-10-20)24(29)22-23(19-5-3-6-21(17-19)33-2)28(26(31)25(22)30)12-4-11-27-13-15-34-16-14-27/h3,5-10,17,23,29H,4,11-16H2,1-2H3/b24-22+. The van der Waals surface area contributed by atoms with Crippen LogP contribution in [0.4, 0.5) is 0 Å². The molecule has 2 saturated heterocycles. The highest BCUT2D eigenvalue weighted by Crippen LogP contribution is 2.40. The van der Waals surface area contributed by atoms with Gasteiger partial charge in [0.15, 0.2) is 0 Å². The molecule has 0 aromatic heterocycles. The minimum atomic E-state index is -0.707. The van der Waals surface area contributed by atoms with Crippen molar-refractivity contribution >= 4 is 17.4 Å². The third-order valence-electron chi connectivity index (χ3n) is 6.29. The van der Waals surface area contributed by atoms with Gasteiger partial charge in [0.05, 0.1) is 39.0 Å². The first kappa shape index (κ1) is 23.8. The van der Waals surface area contributed by atoms with Crippen LogP contribution in [0.3, 0.4) is 0 Å². The number of benzene rings is 2. The molecule has 2 aromatic carbocycles. The average molecular weight is 467 g/mol. The molecule has 0 aliphatic carbocycles. The van der Waals surface area contributed by atoms with Crippen molar-refractivity contribution in [3.8, 4) is 11.5 Å². The molecule has 34 heavy (non-hydrogen) atoms. The predicted molar refractivity (Wildman–Crippen MR) is 127 cm³/mol. The Hall–Kier alpha value is -3.36. The smallest absolute Gasteiger partial charge is 0.295 e. The number of ether oxygens (including phenoxy) is 3. The van der Waals surface area contributed by atoms with Crippen LogP contribution in [0.15, 0.2) is 54.1 Å². The van der Waals surface area contributed by atoms with Gasteiger partial charge in [0.25, 0.3) is 11.7 Å². The molecule has 8 nitrogen and oxygen atoms in total. The number of likely N-dealkylation sites (tertiary alicyclic amines) is 1. The Kier molecular flexibility index (Phi) is 7.49. The first-order valence-corrected chi connectivity index (χ1v) is 11.4. The molecule has 4 rings (SSSR count). The van der Waals surface area contributed by atoms with Gasteiger partial charge in [-0.05, 0) is 48.4 Å². The van der Waals surface area contributed by atoms with Gasteiger partial charge in [-0.3, -0.25) is 14.5 Å². The van der Waals surface area contributed by atoms with Crippen LogP contribution >= 0.6 is 0 Å². The van der Waals surface area contributed by atoms with Crippen molar-refractivity contribution in [3.63, 3.8) is 0 Å². The Balaban J connectivity index is 1.68. The largest absolute Gasteiger partial charge is 0.507 e. The molecule has 0 bridgehead atoms. The lowest BCUT2D eigenvalue weighted by molar-refractivity contribution is -0.140. The number of amides is 1. The van der Waals surface area contributed by atoms with Crippen LogP contribution in [0.25, 0.3) is 5.76 Å². The summed E-state index contributed by atoms with van der Waals surface area (Å²) in [6.07, 6.45) is 0.704. The van der Waals surface area contributed by atoms with E-state index in [0.29, 0.717) is 48.8 Å². The zero-order chi connectivity index (χ0) is 24.1. The molecular weight excluding hydrogens is 436 g/mol. The van der Waals surface area contributed by atoms with Gasteiger partial charge < -0.3 is 24.2 Å². The van der Waals surface area contributed by atoms with E-state index < -0.39 is 17.7 Å². The summed E-state index contributed by atoms with van der Waals surface area (Å²) in [5.41, 5.74) is 1.23. The van der Waals surface area contributed by atoms with Crippen molar-refractivity contribution in [2.24, 2.45) is 0 Å². The second kappa shape index (κ2) is 10.7. The van der Waals surface area contributed by atoms with Crippen LogP contribution < -0.4 is 9.47 Å². The van der Waals surface area contributed by atoms with Gasteiger partial charge in [0, 0.05) is 31.7 Å². The van der Waals surface area contributed by atoms with Gasteiger partial charge in [-0.1, -0.05) is 12.1 Å². The van der Waals surface area contributed by atoms with Crippen molar-refractivity contribution in [2.75, 3.05) is 53.6 Å². The van der Waals surface area contributed by atoms with Crippen LogP contribution in [-0.4, -0.2) is 80.2 Å². The van der Waals surface area contributed by atoms with Crippen LogP contribution in [-0.2, 0) is 14.3 Å². The monoisotopic (exact) mass is 466 g/mol. The highest BCUT2D eigenvalue weighted by molar-refractivity contribution is 6.46. The molecule has 2 fully saturated rings. The van der Waals surface area contributed by atoms with Crippen molar-refractivity contribution in [2.45, 2.75) is 12.5 Å². The van der Waals surface area contributed by atoms with E-state index in [-0.39, 0.29) is 11.3 Å². The summed E-state index contributed by atoms with van der Waals surface area (Å²) >= 11 is 0. The Bertz CT molecular complexity index is 1060. The van der Waals surface area contributed by atoms with Gasteiger partial charge in [-0.25, -0.2) is 0 Å². The van der Waals surface area contributed by atoms with Crippen LogP contribution in [0.5, 0.6) is 11.5 Å². The van der Waals surface area contributed by atoms with Gasteiger partial charge in [0.1, 0.15) is 17.3 Å². The highest BCUT2D eigenvalue weighted by Gasteiger charge is 2.45. The molecule has 0 saturated carbocycles. The van der Waals surface area contributed by atoms with Gasteiger partial charge >= 0.3 is 0 Å². The third kappa shape index (κ3) is 4.93. The van der Waals surface area contributed by atoms with Crippen molar-refractivity contribution in [3.05, 3.63) is 65.2 Å². The van der Waals surface area contributed by atoms with Crippen LogP contribution in [0, 0.1) is 0 Å². The number of methoxy groups -OCH3 is 2. The number of hydrogen-bond donors (Lipinski definition) is 1. The fraction of sp³-hybridized carbons (Fsp3) is 0.385. The average Bonchev–Trinajstić information content (AvgIpc) is 3.14. The Morgan fingerprint density at radius 1 is 1.00 bits per heavy atom. The zero-order valence-electron chi connectivity index (χ0n) is 19.5. The molecular formula is C26H30N2O6. The topological polar surface area (TPSA) is 88.5 Å². The summed E-state index contributed by atoms with van der Waals surface area (Å²) in [6.45, 7) is 4.32. The molecule has 1 N–H and O–H groups in total. The number of nitrogens with zero attached hydrogens (tertiary/aromatic N) is 2. The Morgan fingerprint density at radius 2 is 1.71 bits per heavy atom. The molecule has 2 aromatic rings. The SMILES string of the molecule is COc1ccc(/C(O)=C2\C(=O)C(=O)N(CCCN3CCOCC3)C2c2cccc(OC)c2)cc1. The number of aliphatic hydroxyl groups is 1. The fourth-order valence-corrected chi connectivity index (χ4v) is 4.46. The molecule has 0 radical (unpaired) electrons. The Labute approximate surface area is 199 Å². The summed E-state index contributed by atoms with van der Waals surface area (Å²) in [7, 11) is 3.12. The number of rotatable bonds is 8. The summed E-state index contributed by atoms with van der Waals surface area (Å²) in [6, 6.07) is 13.3. The lowest BCUT2D eigenvalue weighted by atomic mass is 9.95. The maximum Gasteiger partial charge on any atom is 0.295 e. The lowest BCUT2D eigenvalue weighted by Crippen LogP contribution is -2.38. The van der Waals surface area contributed by atoms with E-state index in [4.69, 9.17) is 14.2 Å². The minimum absolute atomic E-state index is 0.0785. The van der Waals surface area contributed by atoms with Gasteiger partial charge in [-0.15, -0.1) is 0 Å². The van der Waals surface area contributed by atoms with E-state index in [0.717, 1.165) is 19.6 Å². The molecule has 180 valence electrons. The number of carbonyl (C=O) groups excluding carboxylic acids is 2. The van der Waals surface area contributed by atoms with Crippen LogP contribution in [0.2, 0.25) is 0 Å². The highest BCUT2D eigenvalue weighted by atomic mass is 16.5. The maximum atomic E-state index is 13.2. The maximum absolute atomic E-state index is 13.2. The second-order valence-corrected chi connectivity index (χ2v) is 8.31. The number of Topliss-reactive ketones (excluding diaryl/α,β-unsaturated/α-hetero) is 1. The summed E-state index contributed by atoms with van der Waals surface area (Å²) in [5, 5.41) is 11.2. The zero-order valence-corrected chi connectivity index (χ0v) is 19.5. The molecule has 2 aliphatic heterocycles. The lowest BCUT2D eigenvalue weighted by Gasteiger charge is -2.29. The number of hydrogen-bond acceptors (Lipinski definition) is 7. The molecule has 0 spiro atoms. The van der Waals surface area contributed by atoms with E-state index >= 15 is 0 Å². The molecule has 2 aliphatic rings. The predicted octanol–water partition coefficient (Wildman–Crippen LogP) is 2.85. The fourth-order valence-electron chi connectivity index (χ4n) is 4.46. The number of morpholine rings is 1. The van der Waals surface area contributed by atoms with E-state index in [1.807, 2.05) is 12.1 Å². The van der Waals surface area contributed by atoms with Crippen molar-refractivity contribution in [1.29, 1.82) is 0 Å². The summed E-state index contributed by atoms with van der Waals surface area (Å²) in [4.78, 5) is 30.1. The number of aliphatic hydroxyl groups excluding tert-OH is 1.